The predicted octanol–water partition coefficient (Wildman–Crippen LogP) is 4.44. The van der Waals surface area contributed by atoms with E-state index < -0.39 is 4.83 Å². The average Bonchev–Trinajstić information content (AvgIpc) is 1.86. The van der Waals surface area contributed by atoms with Gasteiger partial charge in [0.05, 0.1) is 4.48 Å². The first kappa shape index (κ1) is 11.6. The van der Waals surface area contributed by atoms with Gasteiger partial charge in [-0.2, -0.15) is 8.78 Å². The Morgan fingerprint density at radius 1 is 1.55 bits per heavy atom. The quantitative estimate of drug-likeness (QED) is 0.530. The summed E-state index contributed by atoms with van der Waals surface area (Å²) in [6.07, 6.45) is 4.15. The van der Waals surface area contributed by atoms with Crippen molar-refractivity contribution in [2.45, 2.75) is 31.0 Å². The monoisotopic (exact) mass is 290 g/mol. The molecule has 4 heteroatoms. The van der Waals surface area contributed by atoms with E-state index in [4.69, 9.17) is 0 Å². The molecule has 0 aromatic rings. The Kier molecular flexibility index (Phi) is 5.52. The number of halogens is 4. The first-order valence-corrected chi connectivity index (χ1v) is 5.00. The van der Waals surface area contributed by atoms with E-state index in [2.05, 4.69) is 31.9 Å². The number of hydrogen-bond donors (Lipinski definition) is 0. The lowest BCUT2D eigenvalue weighted by Gasteiger charge is -2.05. The molecule has 11 heavy (non-hydrogen) atoms. The van der Waals surface area contributed by atoms with Gasteiger partial charge in [0.2, 0.25) is 0 Å². The standard InChI is InChI=1S/C7H10Br2F2/c1-2-3-4-5-6(8)7(9,10)11/h5H,2-4H2,1H3. The van der Waals surface area contributed by atoms with Crippen molar-refractivity contribution in [2.24, 2.45) is 0 Å². The molecular formula is C7H10Br2F2. The summed E-state index contributed by atoms with van der Waals surface area (Å²) < 4.78 is 24.6. The number of allylic oxidation sites excluding steroid dienone is 2. The maximum absolute atomic E-state index is 12.3. The molecule has 0 nitrogen and oxygen atoms in total. The summed E-state index contributed by atoms with van der Waals surface area (Å²) in [5.41, 5.74) is 0. The highest BCUT2D eigenvalue weighted by molar-refractivity contribution is 9.14. The molecule has 0 amide bonds. The zero-order valence-corrected chi connectivity index (χ0v) is 9.38. The molecule has 0 saturated heterocycles. The van der Waals surface area contributed by atoms with Crippen LogP contribution in [0, 0.1) is 0 Å². The van der Waals surface area contributed by atoms with Crippen LogP contribution in [0.4, 0.5) is 8.78 Å². The van der Waals surface area contributed by atoms with Gasteiger partial charge in [-0.15, -0.1) is 0 Å². The van der Waals surface area contributed by atoms with Gasteiger partial charge in [0.25, 0.3) is 0 Å². The molecule has 0 spiro atoms. The molecule has 0 atom stereocenters. The summed E-state index contributed by atoms with van der Waals surface area (Å²) in [6.45, 7) is 2.02. The second kappa shape index (κ2) is 5.25. The van der Waals surface area contributed by atoms with Crippen LogP contribution < -0.4 is 0 Å². The zero-order valence-electron chi connectivity index (χ0n) is 6.21. The normalized spacial score (nSPS) is 13.7. The average molecular weight is 292 g/mol. The Balaban J connectivity index is 3.81. The second-order valence-electron chi connectivity index (χ2n) is 2.19. The van der Waals surface area contributed by atoms with Gasteiger partial charge in [0.15, 0.2) is 0 Å². The molecule has 0 aliphatic heterocycles. The van der Waals surface area contributed by atoms with Crippen LogP contribution in [0.3, 0.4) is 0 Å². The molecule has 0 bridgehead atoms. The van der Waals surface area contributed by atoms with Gasteiger partial charge in [0.1, 0.15) is 0 Å². The maximum atomic E-state index is 12.3. The summed E-state index contributed by atoms with van der Waals surface area (Å²) in [4.78, 5) is -2.90. The fourth-order valence-electron chi connectivity index (χ4n) is 0.549. The summed E-state index contributed by atoms with van der Waals surface area (Å²) in [5, 5.41) is 0. The van der Waals surface area contributed by atoms with E-state index >= 15 is 0 Å². The van der Waals surface area contributed by atoms with Gasteiger partial charge in [-0.05, 0) is 38.3 Å². The van der Waals surface area contributed by atoms with Gasteiger partial charge < -0.3 is 0 Å². The molecule has 0 radical (unpaired) electrons. The highest BCUT2D eigenvalue weighted by atomic mass is 79.9. The third kappa shape index (κ3) is 5.79. The van der Waals surface area contributed by atoms with E-state index in [1.807, 2.05) is 6.92 Å². The smallest absolute Gasteiger partial charge is 0.188 e. The van der Waals surface area contributed by atoms with Crippen molar-refractivity contribution in [3.8, 4) is 0 Å². The predicted molar refractivity (Wildman–Crippen MR) is 50.4 cm³/mol. The lowest BCUT2D eigenvalue weighted by atomic mass is 10.2. The molecule has 0 N–H and O–H groups in total. The van der Waals surface area contributed by atoms with Crippen molar-refractivity contribution in [1.29, 1.82) is 0 Å². The van der Waals surface area contributed by atoms with Crippen LogP contribution in [0.1, 0.15) is 26.2 Å². The number of rotatable bonds is 4. The van der Waals surface area contributed by atoms with Gasteiger partial charge in [-0.3, -0.25) is 0 Å². The molecular weight excluding hydrogens is 282 g/mol. The van der Waals surface area contributed by atoms with E-state index in [0.717, 1.165) is 12.8 Å². The number of unbranched alkanes of at least 4 members (excludes halogenated alkanes) is 2. The van der Waals surface area contributed by atoms with E-state index in [0.29, 0.717) is 6.42 Å². The van der Waals surface area contributed by atoms with Crippen molar-refractivity contribution in [3.63, 3.8) is 0 Å². The third-order valence-corrected chi connectivity index (χ3v) is 2.93. The second-order valence-corrected chi connectivity index (χ2v) is 4.04. The highest BCUT2D eigenvalue weighted by Crippen LogP contribution is 2.35. The molecule has 66 valence electrons. The highest BCUT2D eigenvalue weighted by Gasteiger charge is 2.27. The van der Waals surface area contributed by atoms with Crippen LogP contribution in [0.2, 0.25) is 0 Å². The van der Waals surface area contributed by atoms with E-state index in [1.165, 1.54) is 6.08 Å². The van der Waals surface area contributed by atoms with Crippen LogP contribution >= 0.6 is 31.9 Å². The summed E-state index contributed by atoms with van der Waals surface area (Å²) in [7, 11) is 0. The fraction of sp³-hybridized carbons (Fsp3) is 0.714. The summed E-state index contributed by atoms with van der Waals surface area (Å²) in [6, 6.07) is 0. The van der Waals surface area contributed by atoms with Crippen LogP contribution in [0.5, 0.6) is 0 Å². The topological polar surface area (TPSA) is 0 Å². The molecule has 0 aliphatic rings. The lowest BCUT2D eigenvalue weighted by molar-refractivity contribution is 0.167. The van der Waals surface area contributed by atoms with E-state index in [9.17, 15) is 8.78 Å². The third-order valence-electron chi connectivity index (χ3n) is 1.15. The summed E-state index contributed by atoms with van der Waals surface area (Å²) in [5.74, 6) is 0. The lowest BCUT2D eigenvalue weighted by Crippen LogP contribution is -2.03. The van der Waals surface area contributed by atoms with Gasteiger partial charge in [0, 0.05) is 0 Å². The summed E-state index contributed by atoms with van der Waals surface area (Å²) >= 11 is 5.04. The fourth-order valence-corrected chi connectivity index (χ4v) is 0.939. The minimum atomic E-state index is -2.90. The van der Waals surface area contributed by atoms with Crippen molar-refractivity contribution in [3.05, 3.63) is 10.6 Å². The SMILES string of the molecule is CCCCC=C(Br)C(F)(F)Br. The molecule has 0 fully saturated rings. The van der Waals surface area contributed by atoms with Crippen LogP contribution in [-0.2, 0) is 0 Å². The van der Waals surface area contributed by atoms with E-state index in [-0.39, 0.29) is 4.48 Å². The Labute approximate surface area is 82.3 Å². The molecule has 0 saturated carbocycles. The van der Waals surface area contributed by atoms with E-state index in [1.54, 1.807) is 0 Å². The minimum absolute atomic E-state index is 0.0848. The molecule has 0 aromatic heterocycles. The first-order valence-electron chi connectivity index (χ1n) is 3.41. The maximum Gasteiger partial charge on any atom is 0.332 e. The molecule has 0 heterocycles. The Hall–Kier alpha value is 0.560. The van der Waals surface area contributed by atoms with Crippen molar-refractivity contribution < 1.29 is 8.78 Å². The van der Waals surface area contributed by atoms with Crippen molar-refractivity contribution in [2.75, 3.05) is 0 Å². The first-order chi connectivity index (χ1) is 4.98. The molecule has 0 unspecified atom stereocenters. The molecule has 0 aromatic carbocycles. The number of hydrogen-bond acceptors (Lipinski definition) is 0. The minimum Gasteiger partial charge on any atom is -0.188 e. The zero-order chi connectivity index (χ0) is 8.91. The largest absolute Gasteiger partial charge is 0.332 e. The van der Waals surface area contributed by atoms with Crippen molar-refractivity contribution >= 4 is 31.9 Å². The van der Waals surface area contributed by atoms with Crippen LogP contribution in [0.25, 0.3) is 0 Å². The Morgan fingerprint density at radius 3 is 2.45 bits per heavy atom. The molecule has 0 aliphatic carbocycles. The van der Waals surface area contributed by atoms with Crippen LogP contribution in [0.15, 0.2) is 10.6 Å². The molecule has 0 rings (SSSR count). The van der Waals surface area contributed by atoms with Crippen molar-refractivity contribution in [1.82, 2.24) is 0 Å². The Bertz CT molecular complexity index is 138. The van der Waals surface area contributed by atoms with Gasteiger partial charge >= 0.3 is 4.83 Å². The number of alkyl halides is 3. The van der Waals surface area contributed by atoms with Gasteiger partial charge in [-0.1, -0.05) is 25.8 Å². The Morgan fingerprint density at radius 2 is 2.09 bits per heavy atom. The van der Waals surface area contributed by atoms with Crippen LogP contribution in [-0.4, -0.2) is 4.83 Å². The van der Waals surface area contributed by atoms with Gasteiger partial charge in [-0.25, -0.2) is 0 Å².